The van der Waals surface area contributed by atoms with Gasteiger partial charge in [0.15, 0.2) is 0 Å². The number of nitrogens with zero attached hydrogens (tertiary/aromatic N) is 3. The molecule has 2 saturated heterocycles. The average molecular weight is 437 g/mol. The van der Waals surface area contributed by atoms with Gasteiger partial charge in [-0.1, -0.05) is 24.3 Å². The quantitative estimate of drug-likeness (QED) is 0.474. The number of β-amino-alcohol motifs (C(OH)–C–C–N with tert-alkyl or cyclic N) is 1. The van der Waals surface area contributed by atoms with E-state index in [9.17, 15) is 9.90 Å². The van der Waals surface area contributed by atoms with Crippen LogP contribution in [0.15, 0.2) is 41.2 Å². The first-order chi connectivity index (χ1) is 15.6. The number of rotatable bonds is 5. The molecule has 1 unspecified atom stereocenters. The van der Waals surface area contributed by atoms with Crippen LogP contribution < -0.4 is 21.1 Å². The first-order valence-electron chi connectivity index (χ1n) is 11.1. The smallest absolute Gasteiger partial charge is 0.263 e. The number of piperidine rings is 1. The Balaban J connectivity index is 1.57. The van der Waals surface area contributed by atoms with Gasteiger partial charge in [-0.05, 0) is 31.5 Å². The van der Waals surface area contributed by atoms with E-state index in [4.69, 9.17) is 14.7 Å². The predicted molar refractivity (Wildman–Crippen MR) is 124 cm³/mol. The summed E-state index contributed by atoms with van der Waals surface area (Å²) in [7, 11) is 1.57. The van der Waals surface area contributed by atoms with E-state index in [0.29, 0.717) is 36.1 Å². The molecule has 3 atom stereocenters. The van der Waals surface area contributed by atoms with E-state index in [1.54, 1.807) is 7.11 Å². The van der Waals surface area contributed by atoms with Gasteiger partial charge in [0.05, 0.1) is 17.3 Å². The van der Waals surface area contributed by atoms with Gasteiger partial charge in [0.2, 0.25) is 5.95 Å². The van der Waals surface area contributed by atoms with Crippen molar-refractivity contribution in [2.24, 2.45) is 0 Å². The molecule has 4 heterocycles. The van der Waals surface area contributed by atoms with Crippen LogP contribution in [0.2, 0.25) is 0 Å². The van der Waals surface area contributed by atoms with Crippen LogP contribution in [-0.4, -0.2) is 71.6 Å². The maximum absolute atomic E-state index is 13.3. The number of anilines is 2. The summed E-state index contributed by atoms with van der Waals surface area (Å²) in [5.74, 6) is 0.931. The molecule has 0 amide bonds. The molecule has 5 rings (SSSR count). The highest BCUT2D eigenvalue weighted by Crippen LogP contribution is 2.27. The highest BCUT2D eigenvalue weighted by atomic mass is 16.5. The van der Waals surface area contributed by atoms with Crippen molar-refractivity contribution in [1.82, 2.24) is 20.3 Å². The molecule has 3 aromatic rings. The van der Waals surface area contributed by atoms with Gasteiger partial charge in [0.1, 0.15) is 17.5 Å². The summed E-state index contributed by atoms with van der Waals surface area (Å²) in [6, 6.07) is 11.8. The minimum absolute atomic E-state index is 0.168. The first kappa shape index (κ1) is 20.9. The van der Waals surface area contributed by atoms with E-state index in [1.807, 2.05) is 41.3 Å². The lowest BCUT2D eigenvalue weighted by Crippen LogP contribution is -2.39. The second kappa shape index (κ2) is 8.85. The monoisotopic (exact) mass is 436 g/mol. The second-order valence-corrected chi connectivity index (χ2v) is 8.44. The molecule has 2 aromatic heterocycles. The molecule has 4 N–H and O–H groups in total. The van der Waals surface area contributed by atoms with Gasteiger partial charge < -0.3 is 25.4 Å². The van der Waals surface area contributed by atoms with Crippen LogP contribution in [0, 0.1) is 0 Å². The molecule has 0 radical (unpaired) electrons. The van der Waals surface area contributed by atoms with Crippen LogP contribution in [0.1, 0.15) is 12.8 Å². The van der Waals surface area contributed by atoms with Crippen LogP contribution in [0.5, 0.6) is 0 Å². The number of fused-ring (bicyclic) bond motifs is 1. The van der Waals surface area contributed by atoms with Gasteiger partial charge in [-0.3, -0.25) is 9.78 Å². The molecular formula is C23H28N6O3. The largest absolute Gasteiger partial charge is 0.388 e. The maximum Gasteiger partial charge on any atom is 0.263 e. The van der Waals surface area contributed by atoms with Crippen molar-refractivity contribution in [1.29, 1.82) is 0 Å². The molecule has 0 aliphatic carbocycles. The molecule has 168 valence electrons. The van der Waals surface area contributed by atoms with Crippen molar-refractivity contribution in [2.45, 2.75) is 31.1 Å². The van der Waals surface area contributed by atoms with Crippen molar-refractivity contribution in [3.8, 4) is 11.3 Å². The number of ether oxygens (including phenoxy) is 1. The zero-order valence-corrected chi connectivity index (χ0v) is 18.0. The normalized spacial score (nSPS) is 23.6. The lowest BCUT2D eigenvalue weighted by Gasteiger charge is -2.26. The van der Waals surface area contributed by atoms with Crippen LogP contribution in [0.4, 0.5) is 11.8 Å². The zero-order valence-electron chi connectivity index (χ0n) is 18.0. The summed E-state index contributed by atoms with van der Waals surface area (Å²) in [6.45, 7) is 2.61. The molecule has 2 aliphatic rings. The fourth-order valence-corrected chi connectivity index (χ4v) is 4.49. The van der Waals surface area contributed by atoms with E-state index >= 15 is 0 Å². The lowest BCUT2D eigenvalue weighted by molar-refractivity contribution is 0.0217. The van der Waals surface area contributed by atoms with Crippen LogP contribution >= 0.6 is 0 Å². The fourth-order valence-electron chi connectivity index (χ4n) is 4.49. The number of methoxy groups -OCH3 is 1. The van der Waals surface area contributed by atoms with Gasteiger partial charge in [0, 0.05) is 38.2 Å². The number of H-pyrrole nitrogens is 1. The lowest BCUT2D eigenvalue weighted by atomic mass is 10.1. The zero-order chi connectivity index (χ0) is 22.1. The Labute approximate surface area is 185 Å². The number of pyridine rings is 1. The molecule has 0 bridgehead atoms. The van der Waals surface area contributed by atoms with Crippen molar-refractivity contribution in [2.75, 3.05) is 43.5 Å². The Hall–Kier alpha value is -3.01. The van der Waals surface area contributed by atoms with E-state index < -0.39 is 6.10 Å². The standard InChI is InChI=1S/C23H28N6O3/c1-32-19-13-29(12-18(19)30)23-27-21(25-15-6-4-10-24-11-15)20(22(31)28-23)17-9-8-14-5-2-3-7-16(14)26-17/h2-3,5,7-9,15,18-19,24,30H,4,6,10-13H2,1H3,(H2,25,27,28,31)/t15-,18+,19?/m1/s1. The third-order valence-corrected chi connectivity index (χ3v) is 6.24. The molecule has 0 saturated carbocycles. The van der Waals surface area contributed by atoms with Gasteiger partial charge in [-0.25, -0.2) is 4.98 Å². The molecule has 0 spiro atoms. The number of hydrogen-bond acceptors (Lipinski definition) is 8. The Morgan fingerprint density at radius 2 is 2.06 bits per heavy atom. The average Bonchev–Trinajstić information content (AvgIpc) is 3.20. The van der Waals surface area contributed by atoms with Gasteiger partial charge >= 0.3 is 0 Å². The maximum atomic E-state index is 13.3. The van der Waals surface area contributed by atoms with Crippen LogP contribution in [-0.2, 0) is 4.74 Å². The fraction of sp³-hybridized carbons (Fsp3) is 0.435. The topological polar surface area (TPSA) is 115 Å². The van der Waals surface area contributed by atoms with Crippen molar-refractivity contribution >= 4 is 22.7 Å². The highest BCUT2D eigenvalue weighted by Gasteiger charge is 2.33. The number of para-hydroxylation sites is 1. The Bertz CT molecular complexity index is 1160. The number of aromatic nitrogens is 3. The minimum atomic E-state index is -0.633. The Kier molecular flexibility index (Phi) is 5.77. The van der Waals surface area contributed by atoms with E-state index in [0.717, 1.165) is 36.8 Å². The van der Waals surface area contributed by atoms with Crippen LogP contribution in [0.3, 0.4) is 0 Å². The van der Waals surface area contributed by atoms with E-state index in [-0.39, 0.29) is 17.7 Å². The van der Waals surface area contributed by atoms with Gasteiger partial charge in [-0.2, -0.15) is 4.98 Å². The number of aromatic amines is 1. The Morgan fingerprint density at radius 3 is 2.84 bits per heavy atom. The number of aliphatic hydroxyl groups excluding tert-OH is 1. The molecule has 1 aromatic carbocycles. The Morgan fingerprint density at radius 1 is 1.19 bits per heavy atom. The minimum Gasteiger partial charge on any atom is -0.388 e. The molecule has 2 aliphatic heterocycles. The number of aliphatic hydroxyl groups is 1. The summed E-state index contributed by atoms with van der Waals surface area (Å²) >= 11 is 0. The highest BCUT2D eigenvalue weighted by molar-refractivity contribution is 5.83. The molecule has 32 heavy (non-hydrogen) atoms. The van der Waals surface area contributed by atoms with Crippen molar-refractivity contribution in [3.05, 3.63) is 46.8 Å². The summed E-state index contributed by atoms with van der Waals surface area (Å²) in [6.07, 6.45) is 1.10. The number of benzene rings is 1. The van der Waals surface area contributed by atoms with Crippen molar-refractivity contribution in [3.63, 3.8) is 0 Å². The van der Waals surface area contributed by atoms with Crippen LogP contribution in [0.25, 0.3) is 22.2 Å². The molecular weight excluding hydrogens is 408 g/mol. The van der Waals surface area contributed by atoms with E-state index in [1.165, 1.54) is 0 Å². The van der Waals surface area contributed by atoms with Gasteiger partial charge in [-0.15, -0.1) is 0 Å². The SMILES string of the molecule is COC1CN(c2nc(N[C@@H]3CCCNC3)c(-c3ccc4ccccc4n3)c(=O)[nH]2)C[C@@H]1O. The number of hydrogen-bond donors (Lipinski definition) is 4. The predicted octanol–water partition coefficient (Wildman–Crippen LogP) is 1.34. The summed E-state index contributed by atoms with van der Waals surface area (Å²) < 4.78 is 5.35. The molecule has 9 heteroatoms. The van der Waals surface area contributed by atoms with Gasteiger partial charge in [0.25, 0.3) is 5.56 Å². The second-order valence-electron chi connectivity index (χ2n) is 8.44. The third-order valence-electron chi connectivity index (χ3n) is 6.24. The summed E-state index contributed by atoms with van der Waals surface area (Å²) in [5.41, 5.74) is 1.56. The summed E-state index contributed by atoms with van der Waals surface area (Å²) in [5, 5.41) is 18.1. The molecule has 9 nitrogen and oxygen atoms in total. The van der Waals surface area contributed by atoms with E-state index in [2.05, 4.69) is 15.6 Å². The first-order valence-corrected chi connectivity index (χ1v) is 11.1. The third kappa shape index (κ3) is 4.06. The summed E-state index contributed by atoms with van der Waals surface area (Å²) in [4.78, 5) is 27.6. The number of nitrogens with one attached hydrogen (secondary N) is 3. The molecule has 2 fully saturated rings. The van der Waals surface area contributed by atoms with Crippen molar-refractivity contribution < 1.29 is 9.84 Å².